The van der Waals surface area contributed by atoms with Crippen molar-refractivity contribution < 1.29 is 0 Å². The predicted octanol–water partition coefficient (Wildman–Crippen LogP) is 2.27. The van der Waals surface area contributed by atoms with Gasteiger partial charge < -0.3 is 10.2 Å². The Balaban J connectivity index is 2.58. The highest BCUT2D eigenvalue weighted by atomic mass is 79.9. The minimum atomic E-state index is 0.901. The van der Waals surface area contributed by atoms with Crippen LogP contribution in [0.25, 0.3) is 0 Å². The first-order chi connectivity index (χ1) is 5.29. The molecule has 0 unspecified atom stereocenters. The van der Waals surface area contributed by atoms with E-state index in [0.717, 1.165) is 11.1 Å². The quantitative estimate of drug-likeness (QED) is 0.711. The summed E-state index contributed by atoms with van der Waals surface area (Å²) < 4.78 is 1.16. The smallest absolute Gasteiger partial charge is 0.0875 e. The lowest BCUT2D eigenvalue weighted by Crippen LogP contribution is -2.16. The molecule has 0 saturated carbocycles. The summed E-state index contributed by atoms with van der Waals surface area (Å²) in [4.78, 5) is 2.18. The third kappa shape index (κ3) is 0.997. The van der Waals surface area contributed by atoms with Gasteiger partial charge in [0.05, 0.1) is 18.0 Å². The first-order valence-corrected chi connectivity index (χ1v) is 4.32. The molecule has 3 heteroatoms. The molecule has 0 aromatic heterocycles. The Morgan fingerprint density at radius 2 is 2.36 bits per heavy atom. The van der Waals surface area contributed by atoms with Crippen molar-refractivity contribution in [3.63, 3.8) is 0 Å². The Morgan fingerprint density at radius 3 is 3.09 bits per heavy atom. The van der Waals surface area contributed by atoms with E-state index in [1.54, 1.807) is 0 Å². The van der Waals surface area contributed by atoms with Gasteiger partial charge in [-0.2, -0.15) is 0 Å². The molecule has 2 nitrogen and oxygen atoms in total. The van der Waals surface area contributed by atoms with Crippen molar-refractivity contribution in [2.24, 2.45) is 0 Å². The van der Waals surface area contributed by atoms with E-state index >= 15 is 0 Å². The van der Waals surface area contributed by atoms with Crippen LogP contribution in [-0.2, 0) is 0 Å². The summed E-state index contributed by atoms with van der Waals surface area (Å²) in [6.45, 7) is 0.901. The monoisotopic (exact) mass is 212 g/mol. The fourth-order valence-corrected chi connectivity index (χ4v) is 2.00. The van der Waals surface area contributed by atoms with Gasteiger partial charge in [-0.25, -0.2) is 0 Å². The van der Waals surface area contributed by atoms with Gasteiger partial charge in [-0.1, -0.05) is 6.07 Å². The number of anilines is 2. The predicted molar refractivity (Wildman–Crippen MR) is 51.0 cm³/mol. The van der Waals surface area contributed by atoms with Gasteiger partial charge in [0.1, 0.15) is 0 Å². The number of fused-ring (bicyclic) bond motifs is 1. The van der Waals surface area contributed by atoms with Crippen LogP contribution in [0.15, 0.2) is 22.7 Å². The summed E-state index contributed by atoms with van der Waals surface area (Å²) in [5.74, 6) is 0. The van der Waals surface area contributed by atoms with Crippen LogP contribution in [0.1, 0.15) is 0 Å². The molecule has 0 bridgehead atoms. The molecule has 0 spiro atoms. The molecule has 0 atom stereocenters. The van der Waals surface area contributed by atoms with Gasteiger partial charge in [-0.3, -0.25) is 0 Å². The summed E-state index contributed by atoms with van der Waals surface area (Å²) in [5.41, 5.74) is 2.47. The largest absolute Gasteiger partial charge is 0.366 e. The number of benzene rings is 1. The molecular weight excluding hydrogens is 204 g/mol. The van der Waals surface area contributed by atoms with Crippen molar-refractivity contribution >= 4 is 27.3 Å². The van der Waals surface area contributed by atoms with Crippen LogP contribution in [-0.4, -0.2) is 13.7 Å². The minimum Gasteiger partial charge on any atom is -0.366 e. The highest BCUT2D eigenvalue weighted by Gasteiger charge is 2.16. The Hall–Kier alpha value is -0.700. The van der Waals surface area contributed by atoms with Gasteiger partial charge in [0, 0.05) is 11.5 Å². The lowest BCUT2D eigenvalue weighted by molar-refractivity contribution is 1.03. The van der Waals surface area contributed by atoms with Gasteiger partial charge in [-0.15, -0.1) is 0 Å². The summed E-state index contributed by atoms with van der Waals surface area (Å²) in [7, 11) is 2.07. The van der Waals surface area contributed by atoms with Gasteiger partial charge >= 0.3 is 0 Å². The highest BCUT2D eigenvalue weighted by Crippen LogP contribution is 2.36. The standard InChI is InChI=1S/C8H9BrN2/c1-11-5-10-7-4-2-3-6(9)8(7)11/h2-4,10H,5H2,1H3. The van der Waals surface area contributed by atoms with E-state index in [1.807, 2.05) is 6.07 Å². The van der Waals surface area contributed by atoms with E-state index in [1.165, 1.54) is 11.4 Å². The van der Waals surface area contributed by atoms with Crippen molar-refractivity contribution in [2.45, 2.75) is 0 Å². The van der Waals surface area contributed by atoms with Gasteiger partial charge in [0.25, 0.3) is 0 Å². The van der Waals surface area contributed by atoms with E-state index in [-0.39, 0.29) is 0 Å². The molecule has 1 N–H and O–H groups in total. The molecule has 2 rings (SSSR count). The molecule has 1 aromatic carbocycles. The topological polar surface area (TPSA) is 15.3 Å². The summed E-state index contributed by atoms with van der Waals surface area (Å²) in [6, 6.07) is 6.18. The van der Waals surface area contributed by atoms with Crippen molar-refractivity contribution in [2.75, 3.05) is 23.9 Å². The molecule has 1 aromatic rings. The van der Waals surface area contributed by atoms with Gasteiger partial charge in [0.15, 0.2) is 0 Å². The van der Waals surface area contributed by atoms with Crippen LogP contribution in [0, 0.1) is 0 Å². The normalized spacial score (nSPS) is 14.5. The van der Waals surface area contributed by atoms with Crippen molar-refractivity contribution in [3.05, 3.63) is 22.7 Å². The zero-order valence-corrected chi connectivity index (χ0v) is 7.85. The number of hydrogen-bond acceptors (Lipinski definition) is 2. The fourth-order valence-electron chi connectivity index (χ4n) is 1.33. The Kier molecular flexibility index (Phi) is 1.53. The van der Waals surface area contributed by atoms with Crippen LogP contribution in [0.3, 0.4) is 0 Å². The van der Waals surface area contributed by atoms with E-state index in [2.05, 4.69) is 45.3 Å². The van der Waals surface area contributed by atoms with E-state index in [4.69, 9.17) is 0 Å². The third-order valence-electron chi connectivity index (χ3n) is 1.88. The van der Waals surface area contributed by atoms with E-state index in [0.29, 0.717) is 0 Å². The molecule has 0 amide bonds. The first kappa shape index (κ1) is 6.98. The van der Waals surface area contributed by atoms with Crippen molar-refractivity contribution in [1.82, 2.24) is 0 Å². The number of para-hydroxylation sites is 1. The Bertz CT molecular complexity index is 285. The number of nitrogens with one attached hydrogen (secondary N) is 1. The maximum Gasteiger partial charge on any atom is 0.0875 e. The lowest BCUT2D eigenvalue weighted by atomic mass is 10.3. The summed E-state index contributed by atoms with van der Waals surface area (Å²) >= 11 is 3.51. The van der Waals surface area contributed by atoms with Crippen LogP contribution >= 0.6 is 15.9 Å². The maximum absolute atomic E-state index is 3.51. The Morgan fingerprint density at radius 1 is 1.55 bits per heavy atom. The fraction of sp³-hybridized carbons (Fsp3) is 0.250. The average molecular weight is 213 g/mol. The number of halogens is 1. The summed E-state index contributed by atoms with van der Waals surface area (Å²) in [6.07, 6.45) is 0. The first-order valence-electron chi connectivity index (χ1n) is 3.52. The number of hydrogen-bond donors (Lipinski definition) is 1. The molecule has 0 radical (unpaired) electrons. The molecule has 1 aliphatic rings. The zero-order chi connectivity index (χ0) is 7.84. The lowest BCUT2D eigenvalue weighted by Gasteiger charge is -2.10. The average Bonchev–Trinajstić information content (AvgIpc) is 2.34. The molecular formula is C8H9BrN2. The maximum atomic E-state index is 3.51. The molecule has 0 aliphatic carbocycles. The number of nitrogens with zero attached hydrogens (tertiary/aromatic N) is 1. The van der Waals surface area contributed by atoms with Crippen LogP contribution in [0.2, 0.25) is 0 Å². The van der Waals surface area contributed by atoms with E-state index in [9.17, 15) is 0 Å². The second kappa shape index (κ2) is 2.41. The molecule has 1 heterocycles. The van der Waals surface area contributed by atoms with Gasteiger partial charge in [0.2, 0.25) is 0 Å². The molecule has 1 aliphatic heterocycles. The second-order valence-electron chi connectivity index (χ2n) is 2.67. The second-order valence-corrected chi connectivity index (χ2v) is 3.52. The molecule has 58 valence electrons. The summed E-state index contributed by atoms with van der Waals surface area (Å²) in [5, 5.41) is 3.29. The van der Waals surface area contributed by atoms with E-state index < -0.39 is 0 Å². The van der Waals surface area contributed by atoms with Crippen molar-refractivity contribution in [3.8, 4) is 0 Å². The van der Waals surface area contributed by atoms with Crippen LogP contribution in [0.4, 0.5) is 11.4 Å². The molecule has 0 fully saturated rings. The van der Waals surface area contributed by atoms with Crippen LogP contribution < -0.4 is 10.2 Å². The molecule has 0 saturated heterocycles. The third-order valence-corrected chi connectivity index (χ3v) is 2.52. The Labute approximate surface area is 74.3 Å². The SMILES string of the molecule is CN1CNc2cccc(Br)c21. The zero-order valence-electron chi connectivity index (χ0n) is 6.26. The van der Waals surface area contributed by atoms with Crippen molar-refractivity contribution in [1.29, 1.82) is 0 Å². The van der Waals surface area contributed by atoms with Gasteiger partial charge in [-0.05, 0) is 28.1 Å². The minimum absolute atomic E-state index is 0.901. The highest BCUT2D eigenvalue weighted by molar-refractivity contribution is 9.10. The molecule has 11 heavy (non-hydrogen) atoms. The number of rotatable bonds is 0. The van der Waals surface area contributed by atoms with Crippen LogP contribution in [0.5, 0.6) is 0 Å².